The van der Waals surface area contributed by atoms with Gasteiger partial charge in [0.25, 0.3) is 0 Å². The number of aliphatic hydroxyl groups excluding tert-OH is 1. The molecule has 124 valence electrons. The molecule has 2 aliphatic rings. The standard InChI is InChI=1S/C20H32O2/c1-14(10-11-21)6-8-17-15(2)7-9-18-19(3,4)12-16(22)13-20(17,18)5/h10-11,16-18,22H,2,6-9,12-13H2,1,3-5H3/b14-10+/t16-,17+,18+,20-/m1/s1. The molecule has 0 aliphatic heterocycles. The first-order valence-corrected chi connectivity index (χ1v) is 8.67. The highest BCUT2D eigenvalue weighted by Gasteiger charge is 2.54. The highest BCUT2D eigenvalue weighted by Crippen LogP contribution is 2.61. The maximum atomic E-state index is 10.6. The molecule has 1 N–H and O–H groups in total. The maximum absolute atomic E-state index is 10.6. The second kappa shape index (κ2) is 6.31. The van der Waals surface area contributed by atoms with Crippen LogP contribution in [0.1, 0.15) is 66.2 Å². The van der Waals surface area contributed by atoms with E-state index in [1.807, 2.05) is 6.92 Å². The highest BCUT2D eigenvalue weighted by molar-refractivity contribution is 5.65. The minimum absolute atomic E-state index is 0.137. The van der Waals surface area contributed by atoms with E-state index in [2.05, 4.69) is 27.4 Å². The van der Waals surface area contributed by atoms with Gasteiger partial charge in [-0.15, -0.1) is 0 Å². The van der Waals surface area contributed by atoms with Crippen LogP contribution >= 0.6 is 0 Å². The van der Waals surface area contributed by atoms with Crippen LogP contribution < -0.4 is 0 Å². The number of carbonyl (C=O) groups is 1. The molecule has 0 aromatic rings. The molecule has 2 fully saturated rings. The van der Waals surface area contributed by atoms with Crippen LogP contribution in [0.15, 0.2) is 23.8 Å². The van der Waals surface area contributed by atoms with Gasteiger partial charge in [-0.3, -0.25) is 4.79 Å². The predicted molar refractivity (Wildman–Crippen MR) is 91.5 cm³/mol. The average Bonchev–Trinajstić information content (AvgIpc) is 2.35. The Labute approximate surface area is 135 Å². The van der Waals surface area contributed by atoms with Crippen LogP contribution in [0.25, 0.3) is 0 Å². The van der Waals surface area contributed by atoms with E-state index in [-0.39, 0.29) is 16.9 Å². The largest absolute Gasteiger partial charge is 0.393 e. The van der Waals surface area contributed by atoms with E-state index in [1.165, 1.54) is 12.0 Å². The van der Waals surface area contributed by atoms with Crippen molar-refractivity contribution in [3.8, 4) is 0 Å². The van der Waals surface area contributed by atoms with Crippen molar-refractivity contribution >= 4 is 6.29 Å². The smallest absolute Gasteiger partial charge is 0.142 e. The molecule has 0 amide bonds. The van der Waals surface area contributed by atoms with Crippen LogP contribution in [0.2, 0.25) is 0 Å². The van der Waals surface area contributed by atoms with Gasteiger partial charge in [0.15, 0.2) is 0 Å². The van der Waals surface area contributed by atoms with Gasteiger partial charge in [-0.1, -0.05) is 38.5 Å². The summed E-state index contributed by atoms with van der Waals surface area (Å²) in [5.74, 6) is 1.10. The number of hydrogen-bond acceptors (Lipinski definition) is 2. The Morgan fingerprint density at radius 2 is 2.05 bits per heavy atom. The molecule has 0 spiro atoms. The maximum Gasteiger partial charge on any atom is 0.142 e. The van der Waals surface area contributed by atoms with Gasteiger partial charge >= 0.3 is 0 Å². The number of allylic oxidation sites excluding steroid dienone is 3. The SMILES string of the molecule is C=C1CC[C@H]2C(C)(C)C[C@@H](O)C[C@]2(C)[C@H]1CC/C(C)=C/C=O. The Bertz CT molecular complexity index is 474. The van der Waals surface area contributed by atoms with Gasteiger partial charge in [-0.05, 0) is 74.2 Å². The molecule has 4 atom stereocenters. The van der Waals surface area contributed by atoms with E-state index in [0.29, 0.717) is 11.8 Å². The van der Waals surface area contributed by atoms with E-state index >= 15 is 0 Å². The molecule has 2 saturated carbocycles. The summed E-state index contributed by atoms with van der Waals surface area (Å²) in [6.45, 7) is 13.4. The summed E-state index contributed by atoms with van der Waals surface area (Å²) in [6.07, 6.45) is 8.46. The van der Waals surface area contributed by atoms with Crippen molar-refractivity contribution in [2.24, 2.45) is 22.7 Å². The van der Waals surface area contributed by atoms with E-state index in [1.54, 1.807) is 6.08 Å². The zero-order chi connectivity index (χ0) is 16.5. The number of carbonyl (C=O) groups excluding carboxylic acids is 1. The monoisotopic (exact) mass is 304 g/mol. The molecule has 0 heterocycles. The summed E-state index contributed by atoms with van der Waals surface area (Å²) >= 11 is 0. The molecule has 0 bridgehead atoms. The van der Waals surface area contributed by atoms with Crippen molar-refractivity contribution in [3.05, 3.63) is 23.8 Å². The minimum Gasteiger partial charge on any atom is -0.393 e. The first kappa shape index (κ1) is 17.5. The Kier molecular flexibility index (Phi) is 5.01. The lowest BCUT2D eigenvalue weighted by atomic mass is 9.46. The lowest BCUT2D eigenvalue weighted by Gasteiger charge is -2.59. The first-order chi connectivity index (χ1) is 10.2. The molecule has 2 nitrogen and oxygen atoms in total. The van der Waals surface area contributed by atoms with Crippen LogP contribution in [0.3, 0.4) is 0 Å². The molecule has 0 aromatic carbocycles. The van der Waals surface area contributed by atoms with E-state index in [4.69, 9.17) is 0 Å². The highest BCUT2D eigenvalue weighted by atomic mass is 16.3. The van der Waals surface area contributed by atoms with Crippen molar-refractivity contribution in [1.29, 1.82) is 0 Å². The summed E-state index contributed by atoms with van der Waals surface area (Å²) in [5.41, 5.74) is 2.82. The van der Waals surface area contributed by atoms with E-state index in [0.717, 1.165) is 44.0 Å². The Balaban J connectivity index is 2.24. The molecular formula is C20H32O2. The number of fused-ring (bicyclic) bond motifs is 1. The third-order valence-corrected chi connectivity index (χ3v) is 6.40. The second-order valence-corrected chi connectivity index (χ2v) is 8.55. The van der Waals surface area contributed by atoms with Gasteiger partial charge < -0.3 is 5.11 Å². The molecule has 0 aromatic heterocycles. The molecule has 2 aliphatic carbocycles. The molecular weight excluding hydrogens is 272 g/mol. The zero-order valence-electron chi connectivity index (χ0n) is 14.7. The third kappa shape index (κ3) is 3.22. The molecule has 0 radical (unpaired) electrons. The van der Waals surface area contributed by atoms with Gasteiger partial charge in [-0.25, -0.2) is 0 Å². The molecule has 0 unspecified atom stereocenters. The minimum atomic E-state index is -0.198. The number of aliphatic hydroxyl groups is 1. The normalized spacial score (nSPS) is 38.5. The number of aldehydes is 1. The van der Waals surface area contributed by atoms with Crippen molar-refractivity contribution in [2.75, 3.05) is 0 Å². The molecule has 22 heavy (non-hydrogen) atoms. The number of rotatable bonds is 4. The average molecular weight is 304 g/mol. The number of hydrogen-bond donors (Lipinski definition) is 1. The van der Waals surface area contributed by atoms with Crippen LogP contribution in [-0.2, 0) is 4.79 Å². The van der Waals surface area contributed by atoms with E-state index in [9.17, 15) is 9.90 Å². The lowest BCUT2D eigenvalue weighted by Crippen LogP contribution is -2.53. The quantitative estimate of drug-likeness (QED) is 0.465. The predicted octanol–water partition coefficient (Wildman–Crippen LogP) is 4.68. The summed E-state index contributed by atoms with van der Waals surface area (Å²) < 4.78 is 0. The summed E-state index contributed by atoms with van der Waals surface area (Å²) in [6, 6.07) is 0. The summed E-state index contributed by atoms with van der Waals surface area (Å²) in [5, 5.41) is 10.4. The Hall–Kier alpha value is -0.890. The third-order valence-electron chi connectivity index (χ3n) is 6.40. The fourth-order valence-electron chi connectivity index (χ4n) is 5.55. The van der Waals surface area contributed by atoms with Crippen LogP contribution in [0.5, 0.6) is 0 Å². The van der Waals surface area contributed by atoms with Gasteiger partial charge in [-0.2, -0.15) is 0 Å². The van der Waals surface area contributed by atoms with Gasteiger partial charge in [0.05, 0.1) is 6.10 Å². The molecule has 0 saturated heterocycles. The summed E-state index contributed by atoms with van der Waals surface area (Å²) in [4.78, 5) is 10.6. The molecule has 2 heteroatoms. The fourth-order valence-corrected chi connectivity index (χ4v) is 5.55. The van der Waals surface area contributed by atoms with Crippen molar-refractivity contribution in [1.82, 2.24) is 0 Å². The van der Waals surface area contributed by atoms with Gasteiger partial charge in [0.2, 0.25) is 0 Å². The van der Waals surface area contributed by atoms with Crippen LogP contribution in [0.4, 0.5) is 0 Å². The van der Waals surface area contributed by atoms with E-state index < -0.39 is 0 Å². The van der Waals surface area contributed by atoms with Crippen molar-refractivity contribution in [2.45, 2.75) is 72.3 Å². The van der Waals surface area contributed by atoms with Crippen LogP contribution in [-0.4, -0.2) is 17.5 Å². The molecule has 2 rings (SSSR count). The zero-order valence-corrected chi connectivity index (χ0v) is 14.7. The van der Waals surface area contributed by atoms with Gasteiger partial charge in [0, 0.05) is 0 Å². The van der Waals surface area contributed by atoms with Gasteiger partial charge in [0.1, 0.15) is 6.29 Å². The summed E-state index contributed by atoms with van der Waals surface area (Å²) in [7, 11) is 0. The van der Waals surface area contributed by atoms with Crippen LogP contribution in [0, 0.1) is 22.7 Å². The Morgan fingerprint density at radius 3 is 2.68 bits per heavy atom. The van der Waals surface area contributed by atoms with Crippen molar-refractivity contribution in [3.63, 3.8) is 0 Å². The second-order valence-electron chi connectivity index (χ2n) is 8.55. The first-order valence-electron chi connectivity index (χ1n) is 8.67. The lowest BCUT2D eigenvalue weighted by molar-refractivity contribution is -0.105. The fraction of sp³-hybridized carbons (Fsp3) is 0.750. The topological polar surface area (TPSA) is 37.3 Å². The van der Waals surface area contributed by atoms with Crippen molar-refractivity contribution < 1.29 is 9.90 Å². The Morgan fingerprint density at radius 1 is 1.36 bits per heavy atom.